The first-order valence-electron chi connectivity index (χ1n) is 6.71. The summed E-state index contributed by atoms with van der Waals surface area (Å²) in [5.74, 6) is 1.88. The molecular formula is C14H14F2N4O2. The maximum atomic E-state index is 12.2. The number of benzene rings is 1. The number of nitrogens with one attached hydrogen (secondary N) is 2. The van der Waals surface area contributed by atoms with Gasteiger partial charge in [0.25, 0.3) is 0 Å². The van der Waals surface area contributed by atoms with Crippen molar-refractivity contribution in [3.05, 3.63) is 36.2 Å². The van der Waals surface area contributed by atoms with Crippen LogP contribution >= 0.6 is 0 Å². The molecule has 1 aliphatic heterocycles. The number of nitrogens with zero attached hydrogens (tertiary/aromatic N) is 2. The molecule has 0 saturated heterocycles. The Balaban J connectivity index is 1.70. The molecule has 0 atom stereocenters. The summed E-state index contributed by atoms with van der Waals surface area (Å²) in [5.41, 5.74) is 0.786. The highest BCUT2D eigenvalue weighted by Crippen LogP contribution is 2.31. The molecule has 116 valence electrons. The first-order valence-corrected chi connectivity index (χ1v) is 6.71. The molecule has 3 rings (SSSR count). The molecule has 0 saturated carbocycles. The van der Waals surface area contributed by atoms with Crippen molar-refractivity contribution in [1.82, 2.24) is 9.97 Å². The van der Waals surface area contributed by atoms with Crippen LogP contribution in [0.3, 0.4) is 0 Å². The first-order chi connectivity index (χ1) is 10.7. The number of fused-ring (bicyclic) bond motifs is 1. The van der Waals surface area contributed by atoms with E-state index in [1.54, 1.807) is 18.2 Å². The van der Waals surface area contributed by atoms with Gasteiger partial charge in [-0.25, -0.2) is 9.97 Å². The van der Waals surface area contributed by atoms with Crippen LogP contribution in [-0.2, 0) is 6.54 Å². The summed E-state index contributed by atoms with van der Waals surface area (Å²) < 4.78 is 34.3. The average Bonchev–Trinajstić information content (AvgIpc) is 2.52. The Morgan fingerprint density at radius 3 is 3.14 bits per heavy atom. The summed E-state index contributed by atoms with van der Waals surface area (Å²) in [7, 11) is 0. The Hall–Kier alpha value is -2.64. The first kappa shape index (κ1) is 14.3. The van der Waals surface area contributed by atoms with Gasteiger partial charge in [0, 0.05) is 6.54 Å². The quantitative estimate of drug-likeness (QED) is 0.884. The fourth-order valence-electron chi connectivity index (χ4n) is 2.10. The van der Waals surface area contributed by atoms with Crippen molar-refractivity contribution < 1.29 is 18.3 Å². The lowest BCUT2D eigenvalue weighted by molar-refractivity contribution is -0.0498. The van der Waals surface area contributed by atoms with Crippen molar-refractivity contribution in [2.75, 3.05) is 23.8 Å². The Morgan fingerprint density at radius 2 is 2.27 bits per heavy atom. The van der Waals surface area contributed by atoms with Crippen LogP contribution in [-0.4, -0.2) is 29.7 Å². The molecule has 0 spiro atoms. The van der Waals surface area contributed by atoms with Crippen LogP contribution in [0.2, 0.25) is 0 Å². The van der Waals surface area contributed by atoms with Gasteiger partial charge in [-0.05, 0) is 17.7 Å². The summed E-state index contributed by atoms with van der Waals surface area (Å²) in [6.07, 6.45) is 1.43. The van der Waals surface area contributed by atoms with Gasteiger partial charge < -0.3 is 20.1 Å². The van der Waals surface area contributed by atoms with Crippen molar-refractivity contribution in [1.29, 1.82) is 0 Å². The van der Waals surface area contributed by atoms with Crippen LogP contribution in [0.4, 0.5) is 20.4 Å². The fourth-order valence-corrected chi connectivity index (χ4v) is 2.10. The summed E-state index contributed by atoms with van der Waals surface area (Å²) in [6, 6.07) is 6.49. The Kier molecular flexibility index (Phi) is 4.17. The van der Waals surface area contributed by atoms with Gasteiger partial charge in [-0.15, -0.1) is 0 Å². The van der Waals surface area contributed by atoms with Crippen LogP contribution in [0.25, 0.3) is 0 Å². The van der Waals surface area contributed by atoms with Crippen LogP contribution < -0.4 is 20.1 Å². The normalized spacial score (nSPS) is 13.0. The molecule has 0 unspecified atom stereocenters. The molecule has 2 N–H and O–H groups in total. The average molecular weight is 308 g/mol. The highest BCUT2D eigenvalue weighted by atomic mass is 19.3. The van der Waals surface area contributed by atoms with Crippen LogP contribution in [0.15, 0.2) is 30.6 Å². The van der Waals surface area contributed by atoms with Crippen LogP contribution in [0.1, 0.15) is 5.56 Å². The number of halogens is 2. The number of rotatable bonds is 5. The van der Waals surface area contributed by atoms with Gasteiger partial charge >= 0.3 is 6.61 Å². The smallest absolute Gasteiger partial charge is 0.387 e. The van der Waals surface area contributed by atoms with Crippen molar-refractivity contribution >= 4 is 11.6 Å². The SMILES string of the molecule is FC(F)Oc1cccc(CNc2ncnc3c2OCCN3)c1. The highest BCUT2D eigenvalue weighted by molar-refractivity contribution is 5.64. The fraction of sp³-hybridized carbons (Fsp3) is 0.286. The van der Waals surface area contributed by atoms with Gasteiger partial charge in [0.2, 0.25) is 5.75 Å². The molecule has 0 bridgehead atoms. The van der Waals surface area contributed by atoms with E-state index in [0.717, 1.165) is 5.56 Å². The molecule has 0 fully saturated rings. The number of aromatic nitrogens is 2. The minimum atomic E-state index is -2.84. The third kappa shape index (κ3) is 3.33. The third-order valence-corrected chi connectivity index (χ3v) is 3.03. The molecule has 1 aromatic heterocycles. The molecule has 8 heteroatoms. The van der Waals surface area contributed by atoms with E-state index in [4.69, 9.17) is 4.74 Å². The second-order valence-corrected chi connectivity index (χ2v) is 4.55. The number of hydrogen-bond donors (Lipinski definition) is 2. The molecule has 22 heavy (non-hydrogen) atoms. The van der Waals surface area contributed by atoms with Gasteiger partial charge in [0.15, 0.2) is 11.6 Å². The topological polar surface area (TPSA) is 68.3 Å². The van der Waals surface area contributed by atoms with E-state index in [1.165, 1.54) is 12.4 Å². The maximum Gasteiger partial charge on any atom is 0.387 e. The molecular weight excluding hydrogens is 294 g/mol. The molecule has 2 aromatic rings. The van der Waals surface area contributed by atoms with Crippen molar-refractivity contribution in [3.8, 4) is 11.5 Å². The van der Waals surface area contributed by atoms with Crippen molar-refractivity contribution in [2.24, 2.45) is 0 Å². The monoisotopic (exact) mass is 308 g/mol. The predicted molar refractivity (Wildman–Crippen MR) is 76.4 cm³/mol. The van der Waals surface area contributed by atoms with Crippen LogP contribution in [0.5, 0.6) is 11.5 Å². The van der Waals surface area contributed by atoms with E-state index in [2.05, 4.69) is 25.3 Å². The highest BCUT2D eigenvalue weighted by Gasteiger charge is 2.16. The number of anilines is 2. The zero-order valence-corrected chi connectivity index (χ0v) is 11.6. The van der Waals surface area contributed by atoms with E-state index in [9.17, 15) is 8.78 Å². The molecule has 1 aromatic carbocycles. The van der Waals surface area contributed by atoms with Crippen molar-refractivity contribution in [3.63, 3.8) is 0 Å². The molecule has 1 aliphatic rings. The van der Waals surface area contributed by atoms with Gasteiger partial charge in [0.05, 0.1) is 6.54 Å². The molecule has 0 radical (unpaired) electrons. The predicted octanol–water partition coefficient (Wildman–Crippen LogP) is 2.49. The summed E-state index contributed by atoms with van der Waals surface area (Å²) in [4.78, 5) is 8.23. The van der Waals surface area contributed by atoms with E-state index in [-0.39, 0.29) is 5.75 Å². The number of hydrogen-bond acceptors (Lipinski definition) is 6. The van der Waals surface area contributed by atoms with E-state index >= 15 is 0 Å². The lowest BCUT2D eigenvalue weighted by Crippen LogP contribution is -2.20. The minimum absolute atomic E-state index is 0.122. The van der Waals surface area contributed by atoms with E-state index in [1.807, 2.05) is 0 Å². The zero-order chi connectivity index (χ0) is 15.4. The Bertz CT molecular complexity index is 654. The Labute approximate surface area is 125 Å². The summed E-state index contributed by atoms with van der Waals surface area (Å²) in [6.45, 7) is -1.21. The standard InChI is InChI=1S/C14H14F2N4O2/c15-14(16)22-10-3-1-2-9(6-10)7-18-13-11-12(19-8-20-13)17-4-5-21-11/h1-3,6,8,14H,4-5,7H2,(H2,17,18,19,20). The Morgan fingerprint density at radius 1 is 1.36 bits per heavy atom. The van der Waals surface area contributed by atoms with Gasteiger partial charge in [0.1, 0.15) is 18.7 Å². The molecule has 6 nitrogen and oxygen atoms in total. The summed E-state index contributed by atoms with van der Waals surface area (Å²) in [5, 5.41) is 6.22. The lowest BCUT2D eigenvalue weighted by Gasteiger charge is -2.20. The molecule has 0 amide bonds. The number of ether oxygens (including phenoxy) is 2. The van der Waals surface area contributed by atoms with E-state index < -0.39 is 6.61 Å². The van der Waals surface area contributed by atoms with Gasteiger partial charge in [-0.2, -0.15) is 8.78 Å². The largest absolute Gasteiger partial charge is 0.485 e. The summed E-state index contributed by atoms with van der Waals surface area (Å²) >= 11 is 0. The molecule has 2 heterocycles. The third-order valence-electron chi connectivity index (χ3n) is 3.03. The second kappa shape index (κ2) is 6.42. The van der Waals surface area contributed by atoms with Crippen molar-refractivity contribution in [2.45, 2.75) is 13.2 Å². The van der Waals surface area contributed by atoms with E-state index in [0.29, 0.717) is 37.1 Å². The van der Waals surface area contributed by atoms with Crippen LogP contribution in [0, 0.1) is 0 Å². The minimum Gasteiger partial charge on any atom is -0.485 e. The van der Waals surface area contributed by atoms with Gasteiger partial charge in [-0.1, -0.05) is 12.1 Å². The zero-order valence-electron chi connectivity index (χ0n) is 11.6. The molecule has 0 aliphatic carbocycles. The van der Waals surface area contributed by atoms with Gasteiger partial charge in [-0.3, -0.25) is 0 Å². The second-order valence-electron chi connectivity index (χ2n) is 4.55. The lowest BCUT2D eigenvalue weighted by atomic mass is 10.2. The maximum absolute atomic E-state index is 12.2. The number of alkyl halides is 2.